The highest BCUT2D eigenvalue weighted by molar-refractivity contribution is 7.89. The summed E-state index contributed by atoms with van der Waals surface area (Å²) < 4.78 is 33.2. The van der Waals surface area contributed by atoms with Crippen LogP contribution in [0.5, 0.6) is 5.75 Å². The fourth-order valence-corrected chi connectivity index (χ4v) is 6.60. The third-order valence-electron chi connectivity index (χ3n) is 7.08. The van der Waals surface area contributed by atoms with Crippen molar-refractivity contribution in [3.05, 3.63) is 58.7 Å². The molecule has 0 aromatic heterocycles. The minimum absolute atomic E-state index is 0.0587. The summed E-state index contributed by atoms with van der Waals surface area (Å²) in [7, 11) is -1.97. The molecule has 6 nitrogen and oxygen atoms in total. The van der Waals surface area contributed by atoms with Crippen LogP contribution in [0.15, 0.2) is 41.3 Å². The van der Waals surface area contributed by atoms with Gasteiger partial charge >= 0.3 is 0 Å². The molecular weight excluding hydrogens is 448 g/mol. The first kappa shape index (κ1) is 24.7. The number of nitrogens with one attached hydrogen (secondary N) is 1. The van der Waals surface area contributed by atoms with Gasteiger partial charge < -0.3 is 10.1 Å². The second-order valence-corrected chi connectivity index (χ2v) is 11.4. The predicted octanol–water partition coefficient (Wildman–Crippen LogP) is 4.56. The number of fused-ring (bicyclic) bond motifs is 1. The highest BCUT2D eigenvalue weighted by Crippen LogP contribution is 2.28. The monoisotopic (exact) mass is 484 g/mol. The minimum atomic E-state index is -3.53. The van der Waals surface area contributed by atoms with Gasteiger partial charge in [-0.1, -0.05) is 24.6 Å². The number of amides is 1. The zero-order chi connectivity index (χ0) is 24.1. The lowest BCUT2D eigenvalue weighted by Gasteiger charge is -2.26. The molecule has 4 rings (SSSR count). The van der Waals surface area contributed by atoms with Crippen LogP contribution in [-0.2, 0) is 34.1 Å². The summed E-state index contributed by atoms with van der Waals surface area (Å²) >= 11 is 0. The molecule has 7 heteroatoms. The first-order valence-electron chi connectivity index (χ1n) is 12.5. The molecule has 1 atom stereocenters. The van der Waals surface area contributed by atoms with E-state index in [1.54, 1.807) is 29.6 Å². The lowest BCUT2D eigenvalue weighted by Crippen LogP contribution is -2.35. The third kappa shape index (κ3) is 5.63. The highest BCUT2D eigenvalue weighted by atomic mass is 32.2. The van der Waals surface area contributed by atoms with E-state index in [1.807, 2.05) is 6.92 Å². The van der Waals surface area contributed by atoms with Gasteiger partial charge in [-0.25, -0.2) is 8.42 Å². The van der Waals surface area contributed by atoms with E-state index < -0.39 is 10.0 Å². The zero-order valence-electron chi connectivity index (χ0n) is 20.3. The van der Waals surface area contributed by atoms with Gasteiger partial charge in [-0.3, -0.25) is 4.79 Å². The number of piperidine rings is 1. The molecule has 0 radical (unpaired) electrons. The zero-order valence-corrected chi connectivity index (χ0v) is 21.1. The van der Waals surface area contributed by atoms with Crippen LogP contribution in [0.3, 0.4) is 0 Å². The van der Waals surface area contributed by atoms with Crippen LogP contribution >= 0.6 is 0 Å². The van der Waals surface area contributed by atoms with E-state index in [1.165, 1.54) is 24.0 Å². The summed E-state index contributed by atoms with van der Waals surface area (Å²) in [6, 6.07) is 11.4. The molecular formula is C27H36N2O4S. The molecule has 1 aliphatic carbocycles. The second-order valence-electron chi connectivity index (χ2n) is 9.46. The van der Waals surface area contributed by atoms with E-state index in [-0.39, 0.29) is 23.3 Å². The van der Waals surface area contributed by atoms with Crippen molar-refractivity contribution in [1.29, 1.82) is 0 Å². The average Bonchev–Trinajstić information content (AvgIpc) is 2.87. The SMILES string of the molecule is COc1ccc(S(=O)(=O)N2CCCCC2)cc1CCC(=O)N[C@H](C)c1ccc2c(c1)CCCC2. The molecule has 1 saturated heterocycles. The van der Waals surface area contributed by atoms with E-state index in [9.17, 15) is 13.2 Å². The van der Waals surface area contributed by atoms with Crippen LogP contribution in [0.1, 0.15) is 73.7 Å². The Kier molecular flexibility index (Phi) is 7.94. The van der Waals surface area contributed by atoms with E-state index in [4.69, 9.17) is 4.74 Å². The standard InChI is InChI=1S/C27H36N2O4S/c1-20(22-11-10-21-8-4-5-9-23(21)18-22)28-27(30)15-12-24-19-25(13-14-26(24)33-2)34(31,32)29-16-6-3-7-17-29/h10-11,13-14,18-20H,3-9,12,15-17H2,1-2H3,(H,28,30)/t20-/m1/s1. The summed E-state index contributed by atoms with van der Waals surface area (Å²) in [5.74, 6) is 0.546. The summed E-state index contributed by atoms with van der Waals surface area (Å²) in [5, 5.41) is 3.10. The van der Waals surface area contributed by atoms with Gasteiger partial charge in [0.15, 0.2) is 0 Å². The van der Waals surface area contributed by atoms with Crippen molar-refractivity contribution in [2.75, 3.05) is 20.2 Å². The van der Waals surface area contributed by atoms with Gasteiger partial charge in [0.25, 0.3) is 0 Å². The molecule has 1 aliphatic heterocycles. The van der Waals surface area contributed by atoms with Crippen molar-refractivity contribution in [2.45, 2.75) is 75.6 Å². The van der Waals surface area contributed by atoms with Gasteiger partial charge in [0.2, 0.25) is 15.9 Å². The Morgan fingerprint density at radius 2 is 1.74 bits per heavy atom. The molecule has 0 spiro atoms. The van der Waals surface area contributed by atoms with Gasteiger partial charge in [0, 0.05) is 19.5 Å². The highest BCUT2D eigenvalue weighted by Gasteiger charge is 2.26. The fraction of sp³-hybridized carbons (Fsp3) is 0.519. The van der Waals surface area contributed by atoms with E-state index >= 15 is 0 Å². The molecule has 2 aromatic rings. The van der Waals surface area contributed by atoms with Crippen LogP contribution in [-0.4, -0.2) is 38.8 Å². The normalized spacial score (nSPS) is 17.6. The lowest BCUT2D eigenvalue weighted by atomic mass is 9.89. The molecule has 34 heavy (non-hydrogen) atoms. The summed E-state index contributed by atoms with van der Waals surface area (Å²) in [6.45, 7) is 3.13. The van der Waals surface area contributed by atoms with Crippen molar-refractivity contribution in [1.82, 2.24) is 9.62 Å². The maximum absolute atomic E-state index is 13.1. The van der Waals surface area contributed by atoms with Crippen molar-refractivity contribution in [3.63, 3.8) is 0 Å². The van der Waals surface area contributed by atoms with Crippen molar-refractivity contribution in [2.24, 2.45) is 0 Å². The smallest absolute Gasteiger partial charge is 0.243 e. The number of benzene rings is 2. The summed E-state index contributed by atoms with van der Waals surface area (Å²) in [5.41, 5.74) is 4.69. The van der Waals surface area contributed by atoms with Crippen LogP contribution in [0, 0.1) is 0 Å². The van der Waals surface area contributed by atoms with Gasteiger partial charge in [0.05, 0.1) is 18.0 Å². The number of carbonyl (C=O) groups excluding carboxylic acids is 1. The number of hydrogen-bond donors (Lipinski definition) is 1. The average molecular weight is 485 g/mol. The number of methoxy groups -OCH3 is 1. The first-order chi connectivity index (χ1) is 16.4. The van der Waals surface area contributed by atoms with Crippen molar-refractivity contribution in [3.8, 4) is 5.75 Å². The molecule has 1 heterocycles. The summed E-state index contributed by atoms with van der Waals surface area (Å²) in [6.07, 6.45) is 8.27. The molecule has 0 saturated carbocycles. The van der Waals surface area contributed by atoms with Crippen molar-refractivity contribution < 1.29 is 17.9 Å². The Balaban J connectivity index is 1.41. The van der Waals surface area contributed by atoms with E-state index in [2.05, 4.69) is 23.5 Å². The molecule has 0 bridgehead atoms. The number of ether oxygens (including phenoxy) is 1. The molecule has 1 amide bonds. The maximum atomic E-state index is 13.1. The first-order valence-corrected chi connectivity index (χ1v) is 13.9. The Morgan fingerprint density at radius 3 is 2.47 bits per heavy atom. The minimum Gasteiger partial charge on any atom is -0.496 e. The number of aryl methyl sites for hydroxylation is 3. The molecule has 0 unspecified atom stereocenters. The van der Waals surface area contributed by atoms with Crippen molar-refractivity contribution >= 4 is 15.9 Å². The molecule has 2 aliphatic rings. The van der Waals surface area contributed by atoms with Crippen LogP contribution in [0.2, 0.25) is 0 Å². The largest absolute Gasteiger partial charge is 0.496 e. The molecule has 184 valence electrons. The number of carbonyl (C=O) groups is 1. The van der Waals surface area contributed by atoms with E-state index in [0.29, 0.717) is 25.3 Å². The Labute approximate surface area is 203 Å². The number of nitrogens with zero attached hydrogens (tertiary/aromatic N) is 1. The van der Waals surface area contributed by atoms with Crippen LogP contribution in [0.4, 0.5) is 0 Å². The van der Waals surface area contributed by atoms with E-state index in [0.717, 1.165) is 43.2 Å². The second kappa shape index (κ2) is 10.9. The predicted molar refractivity (Wildman–Crippen MR) is 134 cm³/mol. The fourth-order valence-electron chi connectivity index (χ4n) is 5.03. The Hall–Kier alpha value is -2.38. The molecule has 2 aromatic carbocycles. The Morgan fingerprint density at radius 1 is 1.00 bits per heavy atom. The van der Waals surface area contributed by atoms with Crippen LogP contribution in [0.25, 0.3) is 0 Å². The molecule has 1 N–H and O–H groups in total. The van der Waals surface area contributed by atoms with Gasteiger partial charge in [-0.05, 0) is 92.3 Å². The quantitative estimate of drug-likeness (QED) is 0.596. The maximum Gasteiger partial charge on any atom is 0.243 e. The number of rotatable bonds is 8. The van der Waals surface area contributed by atoms with Crippen LogP contribution < -0.4 is 10.1 Å². The van der Waals surface area contributed by atoms with Gasteiger partial charge in [-0.15, -0.1) is 0 Å². The topological polar surface area (TPSA) is 75.7 Å². The van der Waals surface area contributed by atoms with Gasteiger partial charge in [-0.2, -0.15) is 4.31 Å². The summed E-state index contributed by atoms with van der Waals surface area (Å²) in [4.78, 5) is 13.0. The number of hydrogen-bond acceptors (Lipinski definition) is 4. The third-order valence-corrected chi connectivity index (χ3v) is 8.97. The Bertz CT molecular complexity index is 1120. The lowest BCUT2D eigenvalue weighted by molar-refractivity contribution is -0.121. The number of sulfonamides is 1. The molecule has 1 fully saturated rings. The van der Waals surface area contributed by atoms with Gasteiger partial charge in [0.1, 0.15) is 5.75 Å².